The zero-order chi connectivity index (χ0) is 22.2. The van der Waals surface area contributed by atoms with E-state index < -0.39 is 0 Å². The lowest BCUT2D eigenvalue weighted by atomic mass is 10.2. The molecular formula is C23H30FN4O3+. The van der Waals surface area contributed by atoms with Crippen LogP contribution < -0.4 is 15.1 Å². The Kier molecular flexibility index (Phi) is 7.83. The number of rotatable bonds is 8. The van der Waals surface area contributed by atoms with Crippen LogP contribution in [0.25, 0.3) is 0 Å². The van der Waals surface area contributed by atoms with E-state index in [9.17, 15) is 19.1 Å². The minimum atomic E-state index is -0.316. The van der Waals surface area contributed by atoms with Crippen LogP contribution in [0.5, 0.6) is 5.75 Å². The molecule has 0 bridgehead atoms. The molecule has 1 saturated heterocycles. The number of benzene rings is 2. The molecule has 31 heavy (non-hydrogen) atoms. The minimum absolute atomic E-state index is 0.0173. The van der Waals surface area contributed by atoms with Crippen molar-refractivity contribution in [2.24, 2.45) is 0 Å². The zero-order valence-electron chi connectivity index (χ0n) is 17.8. The molecular weight excluding hydrogens is 399 g/mol. The van der Waals surface area contributed by atoms with Gasteiger partial charge in [0.1, 0.15) is 11.6 Å². The summed E-state index contributed by atoms with van der Waals surface area (Å²) >= 11 is 0. The number of carbonyl (C=O) groups excluding carboxylic acids is 2. The van der Waals surface area contributed by atoms with Gasteiger partial charge in [0.25, 0.3) is 5.91 Å². The summed E-state index contributed by atoms with van der Waals surface area (Å²) in [6.07, 6.45) is 0. The number of anilines is 1. The predicted octanol–water partition coefficient (Wildman–Crippen LogP) is 0.401. The molecule has 0 radical (unpaired) electrons. The second kappa shape index (κ2) is 10.8. The van der Waals surface area contributed by atoms with Crippen LogP contribution in [0.15, 0.2) is 48.5 Å². The molecule has 0 aromatic heterocycles. The summed E-state index contributed by atoms with van der Waals surface area (Å²) in [5.41, 5.74) is 1.87. The third-order valence-electron chi connectivity index (χ3n) is 5.56. The molecule has 2 aromatic rings. The smallest absolute Gasteiger partial charge is 0.278 e. The van der Waals surface area contributed by atoms with Crippen molar-refractivity contribution in [1.29, 1.82) is 0 Å². The lowest BCUT2D eigenvalue weighted by Crippen LogP contribution is -3.16. The first-order chi connectivity index (χ1) is 14.9. The van der Waals surface area contributed by atoms with Gasteiger partial charge >= 0.3 is 0 Å². The Morgan fingerprint density at radius 3 is 2.35 bits per heavy atom. The molecule has 7 nitrogen and oxygen atoms in total. The fraction of sp³-hybridized carbons (Fsp3) is 0.391. The van der Waals surface area contributed by atoms with Crippen molar-refractivity contribution in [2.75, 3.05) is 50.7 Å². The molecule has 1 heterocycles. The van der Waals surface area contributed by atoms with Crippen molar-refractivity contribution < 1.29 is 24.0 Å². The summed E-state index contributed by atoms with van der Waals surface area (Å²) < 4.78 is 13.0. The maximum Gasteiger partial charge on any atom is 0.278 e. The molecule has 1 fully saturated rings. The highest BCUT2D eigenvalue weighted by Crippen LogP contribution is 2.18. The molecule has 3 rings (SSSR count). The monoisotopic (exact) mass is 429 g/mol. The van der Waals surface area contributed by atoms with Gasteiger partial charge in [0.05, 0.1) is 32.7 Å². The van der Waals surface area contributed by atoms with Gasteiger partial charge in [0, 0.05) is 18.8 Å². The van der Waals surface area contributed by atoms with Crippen LogP contribution in [0.4, 0.5) is 10.1 Å². The van der Waals surface area contributed by atoms with Crippen molar-refractivity contribution >= 4 is 17.5 Å². The number of nitrogens with zero attached hydrogens (tertiary/aromatic N) is 2. The Balaban J connectivity index is 1.42. The van der Waals surface area contributed by atoms with Crippen molar-refractivity contribution in [1.82, 2.24) is 10.2 Å². The molecule has 166 valence electrons. The molecule has 0 saturated carbocycles. The van der Waals surface area contributed by atoms with E-state index in [-0.39, 0.29) is 29.9 Å². The number of phenols is 1. The van der Waals surface area contributed by atoms with Crippen LogP contribution in [0.1, 0.15) is 12.5 Å². The largest absolute Gasteiger partial charge is 0.508 e. The number of hydrogen-bond acceptors (Lipinski definition) is 4. The molecule has 8 heteroatoms. The van der Waals surface area contributed by atoms with Crippen LogP contribution in [0.2, 0.25) is 0 Å². The summed E-state index contributed by atoms with van der Waals surface area (Å²) in [5, 5.41) is 12.2. The SMILES string of the molecule is CCN(CC(=O)NCc1ccc(F)cc1)C(=O)C[NH+]1CCN(c2ccc(O)cc2)CC1. The van der Waals surface area contributed by atoms with E-state index in [0.717, 1.165) is 37.4 Å². The molecule has 0 atom stereocenters. The molecule has 0 unspecified atom stereocenters. The zero-order valence-corrected chi connectivity index (χ0v) is 17.8. The highest BCUT2D eigenvalue weighted by Gasteiger charge is 2.25. The van der Waals surface area contributed by atoms with Crippen molar-refractivity contribution in [3.8, 4) is 5.75 Å². The van der Waals surface area contributed by atoms with E-state index in [4.69, 9.17) is 0 Å². The van der Waals surface area contributed by atoms with Gasteiger partial charge in [-0.05, 0) is 48.9 Å². The standard InChI is InChI=1S/C23H29FN4O3/c1-2-27(16-22(30)25-15-18-3-5-19(24)6-4-18)23(31)17-26-11-13-28(14-12-26)20-7-9-21(29)10-8-20/h3-10,29H,2,11-17H2,1H3,(H,25,30)/p+1. The number of carbonyl (C=O) groups is 2. The van der Waals surface area contributed by atoms with E-state index in [0.29, 0.717) is 19.6 Å². The first-order valence-electron chi connectivity index (χ1n) is 10.6. The van der Waals surface area contributed by atoms with Gasteiger partial charge in [-0.15, -0.1) is 0 Å². The van der Waals surface area contributed by atoms with Crippen LogP contribution in [0, 0.1) is 5.82 Å². The first-order valence-corrected chi connectivity index (χ1v) is 10.6. The molecule has 2 amide bonds. The number of hydrogen-bond donors (Lipinski definition) is 3. The van der Waals surface area contributed by atoms with Gasteiger partial charge in [0.15, 0.2) is 6.54 Å². The number of likely N-dealkylation sites (N-methyl/N-ethyl adjacent to an activating group) is 1. The Morgan fingerprint density at radius 1 is 1.10 bits per heavy atom. The number of piperazine rings is 1. The summed E-state index contributed by atoms with van der Waals surface area (Å²) in [4.78, 5) is 30.0. The van der Waals surface area contributed by atoms with Gasteiger partial charge < -0.3 is 25.1 Å². The van der Waals surface area contributed by atoms with Gasteiger partial charge in [0.2, 0.25) is 5.91 Å². The molecule has 1 aliphatic rings. The van der Waals surface area contributed by atoms with Crippen molar-refractivity contribution in [3.63, 3.8) is 0 Å². The molecule has 3 N–H and O–H groups in total. The quantitative estimate of drug-likeness (QED) is 0.568. The molecule has 1 aliphatic heterocycles. The Labute approximate surface area is 182 Å². The first kappa shape index (κ1) is 22.6. The normalized spacial score (nSPS) is 14.3. The van der Waals surface area contributed by atoms with Gasteiger partial charge in [-0.3, -0.25) is 9.59 Å². The fourth-order valence-corrected chi connectivity index (χ4v) is 3.66. The van der Waals surface area contributed by atoms with E-state index in [1.165, 1.54) is 17.0 Å². The van der Waals surface area contributed by atoms with Gasteiger partial charge in [-0.25, -0.2) is 4.39 Å². The average Bonchev–Trinajstić information content (AvgIpc) is 2.78. The number of halogens is 1. The third kappa shape index (κ3) is 6.68. The number of nitrogens with one attached hydrogen (secondary N) is 2. The van der Waals surface area contributed by atoms with Crippen LogP contribution >= 0.6 is 0 Å². The summed E-state index contributed by atoms with van der Waals surface area (Å²) in [6.45, 7) is 6.34. The fourth-order valence-electron chi connectivity index (χ4n) is 3.66. The highest BCUT2D eigenvalue weighted by molar-refractivity contribution is 5.85. The predicted molar refractivity (Wildman–Crippen MR) is 116 cm³/mol. The van der Waals surface area contributed by atoms with E-state index in [1.807, 2.05) is 19.1 Å². The van der Waals surface area contributed by atoms with Crippen LogP contribution in [-0.4, -0.2) is 67.6 Å². The summed E-state index contributed by atoms with van der Waals surface area (Å²) in [7, 11) is 0. The van der Waals surface area contributed by atoms with E-state index in [2.05, 4.69) is 10.2 Å². The van der Waals surface area contributed by atoms with Crippen LogP contribution in [-0.2, 0) is 16.1 Å². The topological polar surface area (TPSA) is 77.3 Å². The van der Waals surface area contributed by atoms with E-state index >= 15 is 0 Å². The second-order valence-corrected chi connectivity index (χ2v) is 7.74. The lowest BCUT2D eigenvalue weighted by molar-refractivity contribution is -0.892. The average molecular weight is 430 g/mol. The Morgan fingerprint density at radius 2 is 1.74 bits per heavy atom. The summed E-state index contributed by atoms with van der Waals surface area (Å²) in [5.74, 6) is -0.330. The molecule has 0 spiro atoms. The molecule has 2 aromatic carbocycles. The lowest BCUT2D eigenvalue weighted by Gasteiger charge is -2.34. The van der Waals surface area contributed by atoms with E-state index in [1.54, 1.807) is 29.2 Å². The number of phenolic OH excluding ortho intramolecular Hbond substituents is 1. The minimum Gasteiger partial charge on any atom is -0.508 e. The second-order valence-electron chi connectivity index (χ2n) is 7.74. The van der Waals surface area contributed by atoms with Crippen molar-refractivity contribution in [3.05, 3.63) is 59.9 Å². The maximum atomic E-state index is 13.0. The Hall–Kier alpha value is -3.13. The number of quaternary nitrogens is 1. The maximum absolute atomic E-state index is 13.0. The number of amides is 2. The molecule has 0 aliphatic carbocycles. The van der Waals surface area contributed by atoms with Gasteiger partial charge in [-0.2, -0.15) is 0 Å². The van der Waals surface area contributed by atoms with Crippen molar-refractivity contribution in [2.45, 2.75) is 13.5 Å². The number of aromatic hydroxyl groups is 1. The highest BCUT2D eigenvalue weighted by atomic mass is 19.1. The summed E-state index contributed by atoms with van der Waals surface area (Å²) in [6, 6.07) is 13.1. The van der Waals surface area contributed by atoms with Gasteiger partial charge in [-0.1, -0.05) is 12.1 Å². The van der Waals surface area contributed by atoms with Crippen LogP contribution in [0.3, 0.4) is 0 Å². The Bertz CT molecular complexity index is 865. The third-order valence-corrected chi connectivity index (χ3v) is 5.56.